The summed E-state index contributed by atoms with van der Waals surface area (Å²) in [7, 11) is 6.05. The second-order valence-electron chi connectivity index (χ2n) is 15.9. The summed E-state index contributed by atoms with van der Waals surface area (Å²) in [6.45, 7) is 22.9. The van der Waals surface area contributed by atoms with Crippen LogP contribution in [0.1, 0.15) is 102 Å². The van der Waals surface area contributed by atoms with Gasteiger partial charge in [0.05, 0.1) is 13.2 Å². The zero-order valence-electron chi connectivity index (χ0n) is 37.1. The summed E-state index contributed by atoms with van der Waals surface area (Å²) < 4.78 is 5.96. The molecule has 0 unspecified atom stereocenters. The first kappa shape index (κ1) is 52.2. The molecule has 4 N–H and O–H groups in total. The first-order valence-electron chi connectivity index (χ1n) is 20.3. The van der Waals surface area contributed by atoms with Gasteiger partial charge in [0.1, 0.15) is 36.3 Å². The van der Waals surface area contributed by atoms with E-state index >= 15 is 0 Å². The van der Waals surface area contributed by atoms with Gasteiger partial charge in [-0.25, -0.2) is 0 Å². The Morgan fingerprint density at radius 2 is 1.05 bits per heavy atom. The molecule has 0 aromatic rings. The third kappa shape index (κ3) is 17.1. The molecule has 0 aliphatic rings. The van der Waals surface area contributed by atoms with E-state index in [1.165, 1.54) is 49.7 Å². The van der Waals surface area contributed by atoms with Crippen molar-refractivity contribution >= 4 is 41.4 Å². The van der Waals surface area contributed by atoms with E-state index in [4.69, 9.17) is 4.74 Å². The van der Waals surface area contributed by atoms with Crippen molar-refractivity contribution in [3.8, 4) is 0 Å². The molecule has 16 heteroatoms. The fraction of sp³-hybridized carbons (Fsp3) is 0.825. The fourth-order valence-electron chi connectivity index (χ4n) is 6.14. The van der Waals surface area contributed by atoms with Crippen molar-refractivity contribution in [3.63, 3.8) is 0 Å². The van der Waals surface area contributed by atoms with E-state index in [0.29, 0.717) is 19.6 Å². The van der Waals surface area contributed by atoms with Crippen molar-refractivity contribution in [3.05, 3.63) is 0 Å². The molecule has 0 heterocycles. The lowest BCUT2D eigenvalue weighted by molar-refractivity contribution is -0.151. The van der Waals surface area contributed by atoms with Gasteiger partial charge in [0, 0.05) is 41.2 Å². The summed E-state index contributed by atoms with van der Waals surface area (Å²) in [6, 6.07) is -5.83. The molecular weight excluding hydrogens is 720 g/mol. The topological polar surface area (TPSA) is 190 Å². The van der Waals surface area contributed by atoms with E-state index < -0.39 is 77.6 Å². The van der Waals surface area contributed by atoms with Crippen molar-refractivity contribution in [2.75, 3.05) is 61.0 Å². The fourth-order valence-corrected chi connectivity index (χ4v) is 6.14. The van der Waals surface area contributed by atoms with Gasteiger partial charge in [-0.3, -0.25) is 33.6 Å². The quantitative estimate of drug-likeness (QED) is 0.0944. The van der Waals surface area contributed by atoms with Crippen LogP contribution in [-0.2, 0) is 38.3 Å². The minimum Gasteiger partial charge on any atom is -0.377 e. The maximum Gasteiger partial charge on any atom is 0.248 e. The number of carbonyl (C=O) groups excluding carboxylic acids is 7. The van der Waals surface area contributed by atoms with Crippen LogP contribution in [0.3, 0.4) is 0 Å². The Balaban J connectivity index is 6.39. The van der Waals surface area contributed by atoms with Gasteiger partial charge in [-0.2, -0.15) is 0 Å². The van der Waals surface area contributed by atoms with Crippen LogP contribution in [0.15, 0.2) is 0 Å². The smallest absolute Gasteiger partial charge is 0.248 e. The van der Waals surface area contributed by atoms with E-state index in [-0.39, 0.29) is 43.6 Å². The number of hydrogen-bond donors (Lipinski definition) is 4. The zero-order valence-corrected chi connectivity index (χ0v) is 37.1. The highest BCUT2D eigenvalue weighted by Crippen LogP contribution is 2.18. The second kappa shape index (κ2) is 26.2. The van der Waals surface area contributed by atoms with Gasteiger partial charge in [-0.05, 0) is 64.0 Å². The summed E-state index contributed by atoms with van der Waals surface area (Å²) in [5.74, 6) is -3.68. The van der Waals surface area contributed by atoms with Gasteiger partial charge >= 0.3 is 0 Å². The summed E-state index contributed by atoms with van der Waals surface area (Å²) in [6.07, 6.45) is 1.41. The lowest BCUT2D eigenvalue weighted by Crippen LogP contribution is -2.61. The Labute approximate surface area is 336 Å². The number of rotatable bonds is 26. The predicted molar refractivity (Wildman–Crippen MR) is 218 cm³/mol. The molecule has 0 saturated carbocycles. The molecule has 0 saturated heterocycles. The maximum atomic E-state index is 14.2. The maximum absolute atomic E-state index is 14.2. The Morgan fingerprint density at radius 1 is 0.589 bits per heavy atom. The molecule has 0 aromatic heterocycles. The van der Waals surface area contributed by atoms with Crippen LogP contribution in [0.5, 0.6) is 0 Å². The van der Waals surface area contributed by atoms with Crippen molar-refractivity contribution in [2.24, 2.45) is 17.8 Å². The van der Waals surface area contributed by atoms with Crippen LogP contribution >= 0.6 is 0 Å². The van der Waals surface area contributed by atoms with Crippen molar-refractivity contribution < 1.29 is 38.3 Å². The average molecular weight is 797 g/mol. The summed E-state index contributed by atoms with van der Waals surface area (Å²) in [5.41, 5.74) is 0. The van der Waals surface area contributed by atoms with Crippen LogP contribution in [-0.4, -0.2) is 158 Å². The second-order valence-corrected chi connectivity index (χ2v) is 15.9. The predicted octanol–water partition coefficient (Wildman–Crippen LogP) is 1.61. The molecule has 0 fully saturated rings. The number of likely N-dealkylation sites (N-methyl/N-ethyl adjacent to an activating group) is 5. The Hall–Kier alpha value is -3.79. The van der Waals surface area contributed by atoms with E-state index in [2.05, 4.69) is 40.0 Å². The molecule has 0 aliphatic carbocycles. The Kier molecular flexibility index (Phi) is 24.4. The molecule has 0 aromatic carbocycles. The van der Waals surface area contributed by atoms with Crippen molar-refractivity contribution in [1.82, 2.24) is 40.9 Å². The molecule has 56 heavy (non-hydrogen) atoms. The van der Waals surface area contributed by atoms with Crippen molar-refractivity contribution in [1.29, 1.82) is 0 Å². The molecule has 0 spiro atoms. The lowest BCUT2D eigenvalue weighted by atomic mass is 9.96. The first-order chi connectivity index (χ1) is 26.1. The molecular formula is C40H76N8O8. The Bertz CT molecular complexity index is 1270. The van der Waals surface area contributed by atoms with Crippen LogP contribution in [0.4, 0.5) is 0 Å². The van der Waals surface area contributed by atoms with Gasteiger partial charge in [0.25, 0.3) is 0 Å². The molecule has 16 nitrogen and oxygen atoms in total. The number of hydrogen-bond acceptors (Lipinski definition) is 9. The highest BCUT2D eigenvalue weighted by atomic mass is 16.5. The highest BCUT2D eigenvalue weighted by molar-refractivity contribution is 5.97. The summed E-state index contributed by atoms with van der Waals surface area (Å²) in [4.78, 5) is 100. The standard InChI is InChI=1S/C40H76N8O8/c1-16-19-33(49)45(13)32(24-56-21-20-48(17-2)18-3)39(54)46(14)31(23-26(6)7)38(53)44-34(27(8)9)40(55)47(15)30(22-25(4)5)37(52)43-29(11)36(51)42-28(10)35(50)41-12/h25-32,34H,16-24H2,1-15H3,(H,41,50)(H,42,51)(H,43,52)(H,44,53)/t28-,29-,30+,31+,32-,34+/m1/s1. The van der Waals surface area contributed by atoms with Gasteiger partial charge in [-0.15, -0.1) is 0 Å². The number of nitrogens with zero attached hydrogens (tertiary/aromatic N) is 4. The highest BCUT2D eigenvalue weighted by Gasteiger charge is 2.39. The van der Waals surface area contributed by atoms with Crippen LogP contribution in [0.2, 0.25) is 0 Å². The monoisotopic (exact) mass is 797 g/mol. The largest absolute Gasteiger partial charge is 0.377 e. The lowest BCUT2D eigenvalue weighted by Gasteiger charge is -2.37. The molecule has 0 radical (unpaired) electrons. The number of ether oxygens (including phenoxy) is 1. The molecule has 6 atom stereocenters. The molecule has 0 bridgehead atoms. The number of nitrogens with one attached hydrogen (secondary N) is 4. The molecule has 0 aliphatic heterocycles. The van der Waals surface area contributed by atoms with Gasteiger partial charge in [0.15, 0.2) is 0 Å². The third-order valence-corrected chi connectivity index (χ3v) is 9.94. The Morgan fingerprint density at radius 3 is 1.50 bits per heavy atom. The molecule has 0 rings (SSSR count). The van der Waals surface area contributed by atoms with Crippen molar-refractivity contribution in [2.45, 2.75) is 138 Å². The average Bonchev–Trinajstić information content (AvgIpc) is 3.14. The summed E-state index contributed by atoms with van der Waals surface area (Å²) in [5, 5.41) is 10.6. The zero-order chi connectivity index (χ0) is 43.4. The summed E-state index contributed by atoms with van der Waals surface area (Å²) >= 11 is 0. The minimum atomic E-state index is -1.06. The van der Waals surface area contributed by atoms with Crippen LogP contribution in [0, 0.1) is 17.8 Å². The third-order valence-electron chi connectivity index (χ3n) is 9.94. The van der Waals surface area contributed by atoms with Crippen LogP contribution in [0.25, 0.3) is 0 Å². The van der Waals surface area contributed by atoms with E-state index in [1.54, 1.807) is 20.9 Å². The number of carbonyl (C=O) groups is 7. The minimum absolute atomic E-state index is 0.0160. The first-order valence-corrected chi connectivity index (χ1v) is 20.3. The van der Waals surface area contributed by atoms with Gasteiger partial charge < -0.3 is 45.6 Å². The van der Waals surface area contributed by atoms with Gasteiger partial charge in [0.2, 0.25) is 41.4 Å². The molecule has 324 valence electrons. The molecule has 7 amide bonds. The number of amides is 7. The SMILES string of the molecule is CCCC(=O)N(C)[C@H](COCCN(CC)CC)C(=O)N(C)[C@@H](CC(C)C)C(=O)N[C@H](C(=O)N(C)[C@@H](CC(C)C)C(=O)N[C@H](C)C(=O)N[C@H](C)C(=O)NC)C(C)C. The van der Waals surface area contributed by atoms with Crippen LogP contribution < -0.4 is 21.3 Å². The van der Waals surface area contributed by atoms with E-state index in [0.717, 1.165) is 13.1 Å². The van der Waals surface area contributed by atoms with Gasteiger partial charge in [-0.1, -0.05) is 62.3 Å². The van der Waals surface area contributed by atoms with E-state index in [9.17, 15) is 33.6 Å². The normalized spacial score (nSPS) is 14.7. The van der Waals surface area contributed by atoms with E-state index in [1.807, 2.05) is 34.6 Å².